The molecule has 2 aromatic rings. The van der Waals surface area contributed by atoms with Gasteiger partial charge in [-0.15, -0.1) is 0 Å². The summed E-state index contributed by atoms with van der Waals surface area (Å²) in [5, 5.41) is 0. The maximum atomic E-state index is 11.1. The Kier molecular flexibility index (Phi) is 3.95. The first kappa shape index (κ1) is 15.0. The molecule has 0 radical (unpaired) electrons. The highest BCUT2D eigenvalue weighted by molar-refractivity contribution is 7.90. The Bertz CT molecular complexity index is 781. The molecule has 0 fully saturated rings. The van der Waals surface area contributed by atoms with E-state index in [9.17, 15) is 13.2 Å². The van der Waals surface area contributed by atoms with Gasteiger partial charge in [-0.3, -0.25) is 4.79 Å². The zero-order valence-corrected chi connectivity index (χ0v) is 12.4. The van der Waals surface area contributed by atoms with Crippen LogP contribution in [0, 0.1) is 13.8 Å². The van der Waals surface area contributed by atoms with E-state index in [2.05, 4.69) is 4.98 Å². The molecule has 7 heteroatoms. The molecule has 21 heavy (non-hydrogen) atoms. The van der Waals surface area contributed by atoms with E-state index >= 15 is 0 Å². The lowest BCUT2D eigenvalue weighted by Gasteiger charge is -1.99. The number of hydrogen-bond donors (Lipinski definition) is 2. The molecule has 3 N–H and O–H groups in total. The number of nitrogens with two attached hydrogens (primary N) is 1. The van der Waals surface area contributed by atoms with E-state index in [0.29, 0.717) is 5.82 Å². The number of fused-ring (bicyclic) bond motifs is 1. The smallest absolute Gasteiger partial charge is 0.266 e. The van der Waals surface area contributed by atoms with Crippen molar-refractivity contribution in [3.8, 4) is 0 Å². The standard InChI is InChI=1S/C7H10N2.C7H5NO3S/c1-5-3-4-9-7(8)6(5)2;9-7-5-3-1-2-4-6(5)12(10,11)8-7/h3-4H,1-2H3,(H2,8,9);1-4H,(H,8,9). The molecule has 2 heterocycles. The average molecular weight is 305 g/mol. The van der Waals surface area contributed by atoms with Crippen LogP contribution in [0.2, 0.25) is 0 Å². The number of amides is 1. The summed E-state index contributed by atoms with van der Waals surface area (Å²) < 4.78 is 24.2. The molecule has 6 nitrogen and oxygen atoms in total. The SMILES string of the molecule is Cc1ccnc(N)c1C.O=C1NS(=O)(=O)c2ccccc21. The third-order valence-electron chi connectivity index (χ3n) is 3.16. The molecule has 3 rings (SSSR count). The Hall–Kier alpha value is -2.41. The number of aromatic nitrogens is 1. The fourth-order valence-corrected chi connectivity index (χ4v) is 2.95. The second-order valence-corrected chi connectivity index (χ2v) is 6.22. The van der Waals surface area contributed by atoms with Crippen LogP contribution in [0.3, 0.4) is 0 Å². The van der Waals surface area contributed by atoms with Gasteiger partial charge < -0.3 is 5.73 Å². The van der Waals surface area contributed by atoms with E-state index in [1.54, 1.807) is 18.3 Å². The molecule has 0 atom stereocenters. The quantitative estimate of drug-likeness (QED) is 0.766. The predicted molar refractivity (Wildman–Crippen MR) is 79.2 cm³/mol. The second kappa shape index (κ2) is 5.53. The molecule has 1 aromatic heterocycles. The first-order valence-electron chi connectivity index (χ1n) is 6.17. The third-order valence-corrected chi connectivity index (χ3v) is 4.55. The third kappa shape index (κ3) is 3.03. The van der Waals surface area contributed by atoms with Gasteiger partial charge in [0.2, 0.25) is 0 Å². The number of nitrogens with one attached hydrogen (secondary N) is 1. The van der Waals surface area contributed by atoms with Crippen LogP contribution in [0.15, 0.2) is 41.4 Å². The maximum Gasteiger partial charge on any atom is 0.266 e. The molecule has 1 aromatic carbocycles. The number of carbonyl (C=O) groups excluding carboxylic acids is 1. The Balaban J connectivity index is 0.000000161. The number of pyridine rings is 1. The molecular formula is C14H15N3O3S. The van der Waals surface area contributed by atoms with Gasteiger partial charge >= 0.3 is 0 Å². The molecule has 110 valence electrons. The fraction of sp³-hybridized carbons (Fsp3) is 0.143. The molecule has 1 aliphatic rings. The topological polar surface area (TPSA) is 102 Å². The number of nitrogen functional groups attached to an aromatic ring is 1. The molecule has 1 aliphatic heterocycles. The van der Waals surface area contributed by atoms with Gasteiger partial charge in [-0.05, 0) is 43.2 Å². The minimum atomic E-state index is -3.55. The average Bonchev–Trinajstić information content (AvgIpc) is 2.68. The van der Waals surface area contributed by atoms with Gasteiger partial charge in [0.25, 0.3) is 15.9 Å². The number of anilines is 1. The molecule has 0 unspecified atom stereocenters. The lowest BCUT2D eigenvalue weighted by molar-refractivity contribution is 0.0985. The normalized spacial score (nSPS) is 14.7. The van der Waals surface area contributed by atoms with Gasteiger partial charge in [0, 0.05) is 6.20 Å². The van der Waals surface area contributed by atoms with Crippen LogP contribution in [0.5, 0.6) is 0 Å². The van der Waals surface area contributed by atoms with Crippen molar-refractivity contribution >= 4 is 21.7 Å². The van der Waals surface area contributed by atoms with Gasteiger partial charge in [-0.1, -0.05) is 12.1 Å². The first-order chi connectivity index (χ1) is 9.83. The van der Waals surface area contributed by atoms with E-state index in [4.69, 9.17) is 5.73 Å². The van der Waals surface area contributed by atoms with Gasteiger partial charge in [0.15, 0.2) is 0 Å². The first-order valence-corrected chi connectivity index (χ1v) is 7.65. The van der Waals surface area contributed by atoms with E-state index in [1.165, 1.54) is 17.7 Å². The molecule has 0 saturated heterocycles. The van der Waals surface area contributed by atoms with E-state index in [1.807, 2.05) is 24.6 Å². The van der Waals surface area contributed by atoms with Crippen molar-refractivity contribution in [3.05, 3.63) is 53.2 Å². The van der Waals surface area contributed by atoms with Crippen LogP contribution in [-0.4, -0.2) is 19.3 Å². The van der Waals surface area contributed by atoms with Crippen LogP contribution in [0.4, 0.5) is 5.82 Å². The Morgan fingerprint density at radius 1 is 1.14 bits per heavy atom. The van der Waals surface area contributed by atoms with Crippen LogP contribution in [0.1, 0.15) is 21.5 Å². The van der Waals surface area contributed by atoms with Crippen LogP contribution in [-0.2, 0) is 10.0 Å². The summed E-state index contributed by atoms with van der Waals surface area (Å²) in [7, 11) is -3.55. The zero-order valence-electron chi connectivity index (χ0n) is 11.6. The number of benzene rings is 1. The van der Waals surface area contributed by atoms with Crippen LogP contribution < -0.4 is 10.5 Å². The lowest BCUT2D eigenvalue weighted by Crippen LogP contribution is -2.20. The number of rotatable bonds is 0. The summed E-state index contributed by atoms with van der Waals surface area (Å²) in [5.41, 5.74) is 8.01. The molecule has 0 aliphatic carbocycles. The molecular weight excluding hydrogens is 290 g/mol. The number of nitrogens with zero attached hydrogens (tertiary/aromatic N) is 1. The van der Waals surface area contributed by atoms with Crippen molar-refractivity contribution < 1.29 is 13.2 Å². The summed E-state index contributed by atoms with van der Waals surface area (Å²) in [6.07, 6.45) is 1.72. The van der Waals surface area contributed by atoms with E-state index < -0.39 is 15.9 Å². The number of hydrogen-bond acceptors (Lipinski definition) is 5. The number of sulfonamides is 1. The molecule has 1 amide bonds. The van der Waals surface area contributed by atoms with Crippen molar-refractivity contribution in [1.29, 1.82) is 0 Å². The van der Waals surface area contributed by atoms with Gasteiger partial charge in [0.05, 0.1) is 5.56 Å². The van der Waals surface area contributed by atoms with E-state index in [0.717, 1.165) is 5.56 Å². The molecule has 0 saturated carbocycles. The molecule has 0 spiro atoms. The highest BCUT2D eigenvalue weighted by atomic mass is 32.2. The minimum Gasteiger partial charge on any atom is -0.383 e. The number of carbonyl (C=O) groups is 1. The highest BCUT2D eigenvalue weighted by Gasteiger charge is 2.31. The Morgan fingerprint density at radius 3 is 2.38 bits per heavy atom. The van der Waals surface area contributed by atoms with Crippen LogP contribution in [0.25, 0.3) is 0 Å². The minimum absolute atomic E-state index is 0.0648. The van der Waals surface area contributed by atoms with Crippen molar-refractivity contribution in [2.45, 2.75) is 18.7 Å². The van der Waals surface area contributed by atoms with Crippen molar-refractivity contribution in [1.82, 2.24) is 9.71 Å². The van der Waals surface area contributed by atoms with Crippen molar-refractivity contribution in [2.24, 2.45) is 0 Å². The van der Waals surface area contributed by atoms with E-state index in [-0.39, 0.29) is 10.5 Å². The highest BCUT2D eigenvalue weighted by Crippen LogP contribution is 2.20. The molecule has 0 bridgehead atoms. The zero-order chi connectivity index (χ0) is 15.6. The summed E-state index contributed by atoms with van der Waals surface area (Å²) in [5.74, 6) is 0.0839. The summed E-state index contributed by atoms with van der Waals surface area (Å²) in [6.45, 7) is 3.99. The van der Waals surface area contributed by atoms with Crippen molar-refractivity contribution in [2.75, 3.05) is 5.73 Å². The summed E-state index contributed by atoms with van der Waals surface area (Å²) >= 11 is 0. The largest absolute Gasteiger partial charge is 0.383 e. The predicted octanol–water partition coefficient (Wildman–Crippen LogP) is 1.40. The Morgan fingerprint density at radius 2 is 1.81 bits per heavy atom. The van der Waals surface area contributed by atoms with Crippen molar-refractivity contribution in [3.63, 3.8) is 0 Å². The summed E-state index contributed by atoms with van der Waals surface area (Å²) in [6, 6.07) is 8.04. The monoisotopic (exact) mass is 305 g/mol. The maximum absolute atomic E-state index is 11.1. The second-order valence-electron chi connectivity index (χ2n) is 4.57. The van der Waals surface area contributed by atoms with Gasteiger partial charge in [-0.2, -0.15) is 0 Å². The summed E-state index contributed by atoms with van der Waals surface area (Å²) in [4.78, 5) is 15.0. The number of aryl methyl sites for hydroxylation is 1. The van der Waals surface area contributed by atoms with Gasteiger partial charge in [0.1, 0.15) is 10.7 Å². The lowest BCUT2D eigenvalue weighted by atomic mass is 10.2. The Labute approximate surface area is 123 Å². The fourth-order valence-electron chi connectivity index (χ4n) is 1.77. The van der Waals surface area contributed by atoms with Gasteiger partial charge in [-0.25, -0.2) is 18.1 Å². The van der Waals surface area contributed by atoms with Crippen LogP contribution >= 0.6 is 0 Å².